The number of piperidine rings is 1. The summed E-state index contributed by atoms with van der Waals surface area (Å²) in [5.74, 6) is -0.336. The van der Waals surface area contributed by atoms with Gasteiger partial charge in [-0.1, -0.05) is 6.07 Å². The quantitative estimate of drug-likeness (QED) is 0.831. The van der Waals surface area contributed by atoms with Crippen molar-refractivity contribution in [3.63, 3.8) is 0 Å². The lowest BCUT2D eigenvalue weighted by atomic mass is 9.86. The van der Waals surface area contributed by atoms with E-state index in [0.717, 1.165) is 25.1 Å². The monoisotopic (exact) mass is 263 g/mol. The van der Waals surface area contributed by atoms with Crippen molar-refractivity contribution in [1.29, 1.82) is 0 Å². The zero-order chi connectivity index (χ0) is 14.0. The predicted octanol–water partition coefficient (Wildman–Crippen LogP) is 2.21. The molecule has 4 nitrogen and oxygen atoms in total. The molecule has 0 bridgehead atoms. The number of esters is 1. The Morgan fingerprint density at radius 1 is 1.47 bits per heavy atom. The summed E-state index contributed by atoms with van der Waals surface area (Å²) in [7, 11) is 1.38. The van der Waals surface area contributed by atoms with Crippen molar-refractivity contribution in [1.82, 2.24) is 0 Å². The third-order valence-electron chi connectivity index (χ3n) is 3.95. The van der Waals surface area contributed by atoms with Gasteiger partial charge in [0.2, 0.25) is 0 Å². The Kier molecular flexibility index (Phi) is 3.80. The molecule has 0 radical (unpaired) electrons. The molecule has 1 aromatic rings. The number of carbonyl (C=O) groups is 1. The average molecular weight is 263 g/mol. The minimum Gasteiger partial charge on any atom is -0.465 e. The number of anilines is 1. The smallest absolute Gasteiger partial charge is 0.337 e. The predicted molar refractivity (Wildman–Crippen MR) is 74.4 cm³/mol. The summed E-state index contributed by atoms with van der Waals surface area (Å²) in [4.78, 5) is 13.7. The molecule has 1 aromatic carbocycles. The molecule has 1 N–H and O–H groups in total. The summed E-state index contributed by atoms with van der Waals surface area (Å²) in [6.07, 6.45) is 1.41. The van der Waals surface area contributed by atoms with E-state index >= 15 is 0 Å². The fourth-order valence-electron chi connectivity index (χ4n) is 2.64. The van der Waals surface area contributed by atoms with Gasteiger partial charge in [-0.15, -0.1) is 0 Å². The first kappa shape index (κ1) is 13.9. The second kappa shape index (κ2) is 5.21. The fourth-order valence-corrected chi connectivity index (χ4v) is 2.64. The van der Waals surface area contributed by atoms with Gasteiger partial charge in [0.25, 0.3) is 0 Å². The first-order valence-corrected chi connectivity index (χ1v) is 6.61. The summed E-state index contributed by atoms with van der Waals surface area (Å²) >= 11 is 0. The molecule has 1 aliphatic heterocycles. The lowest BCUT2D eigenvalue weighted by molar-refractivity contribution is 0.0600. The number of rotatable bonds is 2. The van der Waals surface area contributed by atoms with Gasteiger partial charge in [0.05, 0.1) is 24.3 Å². The molecule has 1 atom stereocenters. The van der Waals surface area contributed by atoms with E-state index < -0.39 is 0 Å². The molecule has 1 unspecified atom stereocenters. The topological polar surface area (TPSA) is 49.8 Å². The minimum atomic E-state index is -0.358. The van der Waals surface area contributed by atoms with Crippen LogP contribution in [0, 0.1) is 0 Å². The highest BCUT2D eigenvalue weighted by molar-refractivity contribution is 5.90. The highest BCUT2D eigenvalue weighted by atomic mass is 16.5. The van der Waals surface area contributed by atoms with Crippen LogP contribution in [0.3, 0.4) is 0 Å². The van der Waals surface area contributed by atoms with Crippen LogP contribution in [0.15, 0.2) is 24.3 Å². The molecule has 19 heavy (non-hydrogen) atoms. The first-order valence-electron chi connectivity index (χ1n) is 6.61. The Hall–Kier alpha value is -1.55. The number of benzene rings is 1. The van der Waals surface area contributed by atoms with Crippen molar-refractivity contribution < 1.29 is 14.6 Å². The van der Waals surface area contributed by atoms with Crippen LogP contribution < -0.4 is 4.90 Å². The Balaban J connectivity index is 2.33. The molecule has 1 aliphatic rings. The fraction of sp³-hybridized carbons (Fsp3) is 0.533. The van der Waals surface area contributed by atoms with Gasteiger partial charge in [-0.3, -0.25) is 0 Å². The summed E-state index contributed by atoms with van der Waals surface area (Å²) in [5.41, 5.74) is 1.16. The van der Waals surface area contributed by atoms with Gasteiger partial charge >= 0.3 is 5.97 Å². The molecule has 0 aliphatic carbocycles. The molecule has 104 valence electrons. The normalized spacial score (nSPS) is 22.1. The SMILES string of the molecule is COC(=O)c1cccc(N2CCCC(O)C2(C)C)c1. The van der Waals surface area contributed by atoms with Crippen molar-refractivity contribution in [3.8, 4) is 0 Å². The number of nitrogens with zero attached hydrogens (tertiary/aromatic N) is 1. The third-order valence-corrected chi connectivity index (χ3v) is 3.95. The molecule has 1 fully saturated rings. The molecule has 4 heteroatoms. The molecule has 0 amide bonds. The maximum Gasteiger partial charge on any atom is 0.337 e. The first-order chi connectivity index (χ1) is 8.96. The molecular weight excluding hydrogens is 242 g/mol. The average Bonchev–Trinajstić information content (AvgIpc) is 2.41. The lowest BCUT2D eigenvalue weighted by Crippen LogP contribution is -2.56. The summed E-state index contributed by atoms with van der Waals surface area (Å²) < 4.78 is 4.74. The highest BCUT2D eigenvalue weighted by Gasteiger charge is 2.37. The second-order valence-electron chi connectivity index (χ2n) is 5.51. The van der Waals surface area contributed by atoms with Crippen molar-refractivity contribution in [2.24, 2.45) is 0 Å². The maximum atomic E-state index is 11.6. The summed E-state index contributed by atoms with van der Waals surface area (Å²) in [5, 5.41) is 10.2. The van der Waals surface area contributed by atoms with E-state index in [0.29, 0.717) is 5.56 Å². The van der Waals surface area contributed by atoms with Crippen molar-refractivity contribution in [2.45, 2.75) is 38.3 Å². The van der Waals surface area contributed by atoms with E-state index in [2.05, 4.69) is 4.90 Å². The number of carbonyl (C=O) groups excluding carboxylic acids is 1. The van der Waals surface area contributed by atoms with Gasteiger partial charge in [-0.25, -0.2) is 4.79 Å². The van der Waals surface area contributed by atoms with Gasteiger partial charge in [0, 0.05) is 12.2 Å². The molecule has 1 heterocycles. The van der Waals surface area contributed by atoms with Crippen LogP contribution in [0.2, 0.25) is 0 Å². The van der Waals surface area contributed by atoms with Crippen molar-refractivity contribution in [3.05, 3.63) is 29.8 Å². The lowest BCUT2D eigenvalue weighted by Gasteiger charge is -2.47. The van der Waals surface area contributed by atoms with Crippen LogP contribution in [0.25, 0.3) is 0 Å². The van der Waals surface area contributed by atoms with Crippen LogP contribution in [0.1, 0.15) is 37.0 Å². The molecule has 0 spiro atoms. The van der Waals surface area contributed by atoms with Crippen LogP contribution >= 0.6 is 0 Å². The van der Waals surface area contributed by atoms with E-state index in [-0.39, 0.29) is 17.6 Å². The molecule has 1 saturated heterocycles. The molecule has 0 saturated carbocycles. The largest absolute Gasteiger partial charge is 0.465 e. The number of aliphatic hydroxyl groups is 1. The van der Waals surface area contributed by atoms with Gasteiger partial charge < -0.3 is 14.7 Å². The molecule has 2 rings (SSSR count). The number of hydrogen-bond acceptors (Lipinski definition) is 4. The Morgan fingerprint density at radius 3 is 2.89 bits per heavy atom. The van der Waals surface area contributed by atoms with Crippen LogP contribution in [0.5, 0.6) is 0 Å². The van der Waals surface area contributed by atoms with Crippen molar-refractivity contribution >= 4 is 11.7 Å². The highest BCUT2D eigenvalue weighted by Crippen LogP contribution is 2.33. The Morgan fingerprint density at radius 2 is 2.21 bits per heavy atom. The number of aliphatic hydroxyl groups excluding tert-OH is 1. The number of hydrogen-bond donors (Lipinski definition) is 1. The molecular formula is C15H21NO3. The molecule has 0 aromatic heterocycles. The van der Waals surface area contributed by atoms with E-state index in [1.54, 1.807) is 6.07 Å². The van der Waals surface area contributed by atoms with Crippen LogP contribution in [0.4, 0.5) is 5.69 Å². The van der Waals surface area contributed by atoms with Crippen LogP contribution in [-0.2, 0) is 4.74 Å². The van der Waals surface area contributed by atoms with Gasteiger partial charge in [0.15, 0.2) is 0 Å². The van der Waals surface area contributed by atoms with E-state index in [9.17, 15) is 9.90 Å². The van der Waals surface area contributed by atoms with Crippen LogP contribution in [-0.4, -0.2) is 36.4 Å². The zero-order valence-electron chi connectivity index (χ0n) is 11.7. The second-order valence-corrected chi connectivity index (χ2v) is 5.51. The Bertz CT molecular complexity index is 470. The summed E-state index contributed by atoms with van der Waals surface area (Å²) in [6.45, 7) is 4.94. The summed E-state index contributed by atoms with van der Waals surface area (Å²) in [6, 6.07) is 7.37. The van der Waals surface area contributed by atoms with Gasteiger partial charge in [-0.2, -0.15) is 0 Å². The van der Waals surface area contributed by atoms with Crippen molar-refractivity contribution in [2.75, 3.05) is 18.6 Å². The van der Waals surface area contributed by atoms with E-state index in [4.69, 9.17) is 4.74 Å². The van der Waals surface area contributed by atoms with Gasteiger partial charge in [-0.05, 0) is 44.9 Å². The number of methoxy groups -OCH3 is 1. The zero-order valence-corrected chi connectivity index (χ0v) is 11.7. The third kappa shape index (κ3) is 2.59. The number of ether oxygens (including phenoxy) is 1. The minimum absolute atomic E-state index is 0.326. The maximum absolute atomic E-state index is 11.6. The van der Waals surface area contributed by atoms with E-state index in [1.807, 2.05) is 32.0 Å². The van der Waals surface area contributed by atoms with E-state index in [1.165, 1.54) is 7.11 Å². The standard InChI is InChI=1S/C15H21NO3/c1-15(2)13(17)8-5-9-16(15)12-7-4-6-11(10-12)14(18)19-3/h4,6-7,10,13,17H,5,8-9H2,1-3H3. The Labute approximate surface area is 114 Å². The van der Waals surface area contributed by atoms with Gasteiger partial charge in [0.1, 0.15) is 0 Å².